The number of hydrogen-bond acceptors (Lipinski definition) is 3. The molecule has 0 bridgehead atoms. The molecule has 94 valence electrons. The van der Waals surface area contributed by atoms with Gasteiger partial charge in [0, 0.05) is 12.3 Å². The lowest BCUT2D eigenvalue weighted by Gasteiger charge is -2.06. The van der Waals surface area contributed by atoms with Crippen molar-refractivity contribution in [2.45, 2.75) is 58.8 Å². The molecule has 0 radical (unpaired) electrons. The van der Waals surface area contributed by atoms with Crippen LogP contribution in [-0.4, -0.2) is 18.9 Å². The highest BCUT2D eigenvalue weighted by Gasteiger charge is 2.06. The van der Waals surface area contributed by atoms with Crippen LogP contribution in [0.1, 0.15) is 58.8 Å². The fourth-order valence-electron chi connectivity index (χ4n) is 1.56. The summed E-state index contributed by atoms with van der Waals surface area (Å²) in [6.07, 6.45) is 6.91. The quantitative estimate of drug-likeness (QED) is 0.450. The van der Waals surface area contributed by atoms with Crippen LogP contribution in [-0.2, 0) is 14.3 Å². The van der Waals surface area contributed by atoms with E-state index in [0.29, 0.717) is 6.42 Å². The molecule has 0 fully saturated rings. The van der Waals surface area contributed by atoms with E-state index >= 15 is 0 Å². The maximum absolute atomic E-state index is 11.0. The molecular weight excluding hydrogens is 204 g/mol. The van der Waals surface area contributed by atoms with E-state index in [0.717, 1.165) is 38.5 Å². The summed E-state index contributed by atoms with van der Waals surface area (Å²) < 4.78 is 4.56. The minimum atomic E-state index is -0.120. The number of esters is 1. The second kappa shape index (κ2) is 9.37. The maximum atomic E-state index is 11.0. The third kappa shape index (κ3) is 8.45. The average molecular weight is 228 g/mol. The first-order chi connectivity index (χ1) is 7.57. The van der Waals surface area contributed by atoms with Crippen LogP contribution in [0.3, 0.4) is 0 Å². The Morgan fingerprint density at radius 2 is 1.62 bits per heavy atom. The number of methoxy groups -OCH3 is 1. The summed E-state index contributed by atoms with van der Waals surface area (Å²) in [5.74, 6) is 0.367. The first-order valence-electron chi connectivity index (χ1n) is 6.15. The highest BCUT2D eigenvalue weighted by atomic mass is 16.5. The lowest BCUT2D eigenvalue weighted by molar-refractivity contribution is -0.140. The van der Waals surface area contributed by atoms with Gasteiger partial charge in [0.15, 0.2) is 0 Å². The lowest BCUT2D eigenvalue weighted by Crippen LogP contribution is -2.05. The van der Waals surface area contributed by atoms with Crippen LogP contribution in [0.2, 0.25) is 0 Å². The Bertz CT molecular complexity index is 211. The summed E-state index contributed by atoms with van der Waals surface area (Å²) in [5, 5.41) is 0. The SMILES string of the molecule is COC(=O)CCCCCCCC(C)C(C)=O. The second-order valence-electron chi connectivity index (χ2n) is 4.39. The van der Waals surface area contributed by atoms with Crippen molar-refractivity contribution < 1.29 is 14.3 Å². The van der Waals surface area contributed by atoms with Crippen LogP contribution in [0.25, 0.3) is 0 Å². The molecule has 1 atom stereocenters. The summed E-state index contributed by atoms with van der Waals surface area (Å²) in [7, 11) is 1.42. The Morgan fingerprint density at radius 3 is 2.19 bits per heavy atom. The van der Waals surface area contributed by atoms with Crippen molar-refractivity contribution in [1.82, 2.24) is 0 Å². The third-order valence-corrected chi connectivity index (χ3v) is 2.94. The number of hydrogen-bond donors (Lipinski definition) is 0. The Labute approximate surface area is 98.6 Å². The summed E-state index contributed by atoms with van der Waals surface area (Å²) in [6.45, 7) is 3.64. The standard InChI is InChI=1S/C13H24O3/c1-11(12(2)14)9-7-5-4-6-8-10-13(15)16-3/h11H,4-10H2,1-3H3. The molecule has 0 amide bonds. The first-order valence-corrected chi connectivity index (χ1v) is 6.15. The monoisotopic (exact) mass is 228 g/mol. The van der Waals surface area contributed by atoms with Crippen molar-refractivity contribution in [2.24, 2.45) is 5.92 Å². The topological polar surface area (TPSA) is 43.4 Å². The van der Waals surface area contributed by atoms with Gasteiger partial charge in [0.25, 0.3) is 0 Å². The van der Waals surface area contributed by atoms with Crippen molar-refractivity contribution in [2.75, 3.05) is 7.11 Å². The summed E-state index contributed by atoms with van der Waals surface area (Å²) >= 11 is 0. The molecule has 0 aromatic carbocycles. The molecule has 1 unspecified atom stereocenters. The number of carbonyl (C=O) groups excluding carboxylic acids is 2. The first kappa shape index (κ1) is 15.1. The van der Waals surface area contributed by atoms with Crippen LogP contribution >= 0.6 is 0 Å². The predicted octanol–water partition coefficient (Wildman–Crippen LogP) is 3.12. The van der Waals surface area contributed by atoms with Crippen LogP contribution < -0.4 is 0 Å². The highest BCUT2D eigenvalue weighted by molar-refractivity contribution is 5.77. The maximum Gasteiger partial charge on any atom is 0.305 e. The Hall–Kier alpha value is -0.860. The second-order valence-corrected chi connectivity index (χ2v) is 4.39. The van der Waals surface area contributed by atoms with Gasteiger partial charge < -0.3 is 4.74 Å². The number of ether oxygens (including phenoxy) is 1. The highest BCUT2D eigenvalue weighted by Crippen LogP contribution is 2.12. The molecule has 0 aromatic rings. The molecule has 0 aromatic heterocycles. The number of rotatable bonds is 9. The van der Waals surface area contributed by atoms with E-state index in [2.05, 4.69) is 4.74 Å². The molecule has 0 saturated heterocycles. The molecule has 0 aliphatic heterocycles. The number of carbonyl (C=O) groups is 2. The van der Waals surface area contributed by atoms with E-state index in [1.165, 1.54) is 7.11 Å². The van der Waals surface area contributed by atoms with Gasteiger partial charge >= 0.3 is 5.97 Å². The zero-order valence-electron chi connectivity index (χ0n) is 10.8. The Morgan fingerprint density at radius 1 is 1.06 bits per heavy atom. The largest absolute Gasteiger partial charge is 0.469 e. The molecule has 3 nitrogen and oxygen atoms in total. The van der Waals surface area contributed by atoms with E-state index in [9.17, 15) is 9.59 Å². The van der Waals surface area contributed by atoms with Gasteiger partial charge in [0.1, 0.15) is 5.78 Å². The molecule has 0 aliphatic rings. The Balaban J connectivity index is 3.22. The molecule has 0 rings (SSSR count). The van der Waals surface area contributed by atoms with Gasteiger partial charge in [-0.15, -0.1) is 0 Å². The lowest BCUT2D eigenvalue weighted by atomic mass is 9.99. The van der Waals surface area contributed by atoms with Crippen LogP contribution in [0.5, 0.6) is 0 Å². The summed E-state index contributed by atoms with van der Waals surface area (Å²) in [4.78, 5) is 21.8. The Kier molecular flexibility index (Phi) is 8.87. The van der Waals surface area contributed by atoms with Gasteiger partial charge in [0.05, 0.1) is 7.11 Å². The smallest absolute Gasteiger partial charge is 0.305 e. The number of Topliss-reactive ketones (excluding diaryl/α,β-unsaturated/α-hetero) is 1. The van der Waals surface area contributed by atoms with Crippen molar-refractivity contribution in [3.8, 4) is 0 Å². The van der Waals surface area contributed by atoms with Crippen molar-refractivity contribution in [1.29, 1.82) is 0 Å². The van der Waals surface area contributed by atoms with Crippen molar-refractivity contribution in [3.05, 3.63) is 0 Å². The number of unbranched alkanes of at least 4 members (excludes halogenated alkanes) is 4. The van der Waals surface area contributed by atoms with Crippen LogP contribution in [0.4, 0.5) is 0 Å². The molecular formula is C13H24O3. The molecule has 3 heteroatoms. The van der Waals surface area contributed by atoms with E-state index < -0.39 is 0 Å². The molecule has 0 N–H and O–H groups in total. The normalized spacial score (nSPS) is 12.2. The molecule has 0 saturated carbocycles. The third-order valence-electron chi connectivity index (χ3n) is 2.94. The van der Waals surface area contributed by atoms with E-state index in [1.54, 1.807) is 6.92 Å². The van der Waals surface area contributed by atoms with Crippen molar-refractivity contribution >= 4 is 11.8 Å². The molecule has 0 aliphatic carbocycles. The van der Waals surface area contributed by atoms with Gasteiger partial charge in [-0.05, 0) is 19.8 Å². The van der Waals surface area contributed by atoms with Gasteiger partial charge in [-0.1, -0.05) is 32.6 Å². The van der Waals surface area contributed by atoms with Gasteiger partial charge in [-0.2, -0.15) is 0 Å². The molecule has 16 heavy (non-hydrogen) atoms. The van der Waals surface area contributed by atoms with Crippen LogP contribution in [0.15, 0.2) is 0 Å². The van der Waals surface area contributed by atoms with E-state index in [-0.39, 0.29) is 17.7 Å². The van der Waals surface area contributed by atoms with Crippen LogP contribution in [0, 0.1) is 5.92 Å². The van der Waals surface area contributed by atoms with E-state index in [4.69, 9.17) is 0 Å². The zero-order valence-corrected chi connectivity index (χ0v) is 10.8. The van der Waals surface area contributed by atoms with Gasteiger partial charge in [-0.3, -0.25) is 9.59 Å². The summed E-state index contributed by atoms with van der Waals surface area (Å²) in [6, 6.07) is 0. The number of ketones is 1. The fourth-order valence-corrected chi connectivity index (χ4v) is 1.56. The summed E-state index contributed by atoms with van der Waals surface area (Å²) in [5.41, 5.74) is 0. The average Bonchev–Trinajstić information content (AvgIpc) is 2.26. The molecule has 0 spiro atoms. The van der Waals surface area contributed by atoms with E-state index in [1.807, 2.05) is 6.92 Å². The molecule has 0 heterocycles. The minimum absolute atomic E-state index is 0.120. The minimum Gasteiger partial charge on any atom is -0.469 e. The van der Waals surface area contributed by atoms with Crippen molar-refractivity contribution in [3.63, 3.8) is 0 Å². The van der Waals surface area contributed by atoms with Gasteiger partial charge in [-0.25, -0.2) is 0 Å². The fraction of sp³-hybridized carbons (Fsp3) is 0.846. The zero-order chi connectivity index (χ0) is 12.4. The predicted molar refractivity (Wildman–Crippen MR) is 64.2 cm³/mol. The van der Waals surface area contributed by atoms with Gasteiger partial charge in [0.2, 0.25) is 0 Å².